The number of benzene rings is 1. The van der Waals surface area contributed by atoms with Crippen LogP contribution in [0.25, 0.3) is 5.69 Å². The minimum Gasteiger partial charge on any atom is -0.312 e. The van der Waals surface area contributed by atoms with Gasteiger partial charge in [0.15, 0.2) is 0 Å². The average molecular weight is 251 g/mol. The van der Waals surface area contributed by atoms with Crippen LogP contribution in [-0.4, -0.2) is 9.55 Å². The van der Waals surface area contributed by atoms with E-state index in [0.717, 1.165) is 11.4 Å². The highest BCUT2D eigenvalue weighted by atomic mass is 35.5. The predicted octanol–water partition coefficient (Wildman–Crippen LogP) is 3.12. The predicted molar refractivity (Wildman–Crippen MR) is 70.1 cm³/mol. The molecule has 0 spiro atoms. The summed E-state index contributed by atoms with van der Waals surface area (Å²) >= 11 is 5.85. The second-order valence-electron chi connectivity index (χ2n) is 5.04. The zero-order valence-corrected chi connectivity index (χ0v) is 10.9. The van der Waals surface area contributed by atoms with Crippen LogP contribution in [0.4, 0.5) is 0 Å². The first-order chi connectivity index (χ1) is 7.89. The first kappa shape index (κ1) is 12.0. The number of nitrogens with one attached hydrogen (secondary N) is 1. The van der Waals surface area contributed by atoms with Crippen LogP contribution in [0, 0.1) is 0 Å². The van der Waals surface area contributed by atoms with Gasteiger partial charge in [-0.25, -0.2) is 4.79 Å². The zero-order chi connectivity index (χ0) is 12.6. The quantitative estimate of drug-likeness (QED) is 0.830. The number of aromatic amines is 1. The maximum Gasteiger partial charge on any atom is 0.330 e. The van der Waals surface area contributed by atoms with Crippen molar-refractivity contribution in [2.75, 3.05) is 0 Å². The van der Waals surface area contributed by atoms with E-state index >= 15 is 0 Å². The highest BCUT2D eigenvalue weighted by Crippen LogP contribution is 2.23. The van der Waals surface area contributed by atoms with Crippen LogP contribution in [0.2, 0.25) is 5.02 Å². The molecule has 1 aromatic heterocycles. The van der Waals surface area contributed by atoms with Gasteiger partial charge >= 0.3 is 5.69 Å². The number of H-pyrrole nitrogens is 1. The smallest absolute Gasteiger partial charge is 0.312 e. The van der Waals surface area contributed by atoms with Gasteiger partial charge in [0.1, 0.15) is 0 Å². The summed E-state index contributed by atoms with van der Waals surface area (Å²) < 4.78 is 1.68. The molecule has 2 aromatic rings. The Hall–Kier alpha value is -1.48. The van der Waals surface area contributed by atoms with Crippen molar-refractivity contribution in [2.45, 2.75) is 26.2 Å². The van der Waals surface area contributed by atoms with Crippen LogP contribution in [0.5, 0.6) is 0 Å². The lowest BCUT2D eigenvalue weighted by atomic mass is 9.92. The van der Waals surface area contributed by atoms with Crippen LogP contribution in [0.1, 0.15) is 26.5 Å². The minimum atomic E-state index is -0.128. The maximum absolute atomic E-state index is 11.8. The molecule has 0 fully saturated rings. The molecular weight excluding hydrogens is 236 g/mol. The molecular formula is C13H15ClN2O. The largest absolute Gasteiger partial charge is 0.330 e. The second-order valence-corrected chi connectivity index (χ2v) is 5.48. The van der Waals surface area contributed by atoms with Crippen LogP contribution >= 0.6 is 11.6 Å². The Kier molecular flexibility index (Phi) is 2.87. The van der Waals surface area contributed by atoms with Gasteiger partial charge in [0.2, 0.25) is 0 Å². The normalized spacial score (nSPS) is 11.8. The van der Waals surface area contributed by atoms with Crippen molar-refractivity contribution < 1.29 is 0 Å². The Balaban J connectivity index is 2.63. The first-order valence-electron chi connectivity index (χ1n) is 5.46. The summed E-state index contributed by atoms with van der Waals surface area (Å²) in [6.07, 6.45) is 1.76. The summed E-state index contributed by atoms with van der Waals surface area (Å²) in [7, 11) is 0. The molecule has 0 bridgehead atoms. The molecule has 2 rings (SSSR count). The molecule has 1 heterocycles. The van der Waals surface area contributed by atoms with E-state index in [2.05, 4.69) is 25.8 Å². The van der Waals surface area contributed by atoms with Crippen LogP contribution in [0.3, 0.4) is 0 Å². The zero-order valence-electron chi connectivity index (χ0n) is 10.1. The molecule has 1 aromatic carbocycles. The van der Waals surface area contributed by atoms with Crippen molar-refractivity contribution in [3.63, 3.8) is 0 Å². The fraction of sp³-hybridized carbons (Fsp3) is 0.308. The molecule has 17 heavy (non-hydrogen) atoms. The van der Waals surface area contributed by atoms with Crippen molar-refractivity contribution in [3.05, 3.63) is 51.7 Å². The van der Waals surface area contributed by atoms with Gasteiger partial charge < -0.3 is 4.98 Å². The topological polar surface area (TPSA) is 37.8 Å². The number of imidazole rings is 1. The highest BCUT2D eigenvalue weighted by molar-refractivity contribution is 6.30. The molecule has 0 saturated carbocycles. The fourth-order valence-electron chi connectivity index (χ4n) is 1.77. The minimum absolute atomic E-state index is 0.0984. The summed E-state index contributed by atoms with van der Waals surface area (Å²) in [6.45, 7) is 6.21. The van der Waals surface area contributed by atoms with Gasteiger partial charge in [0, 0.05) is 22.3 Å². The summed E-state index contributed by atoms with van der Waals surface area (Å²) in [6, 6.07) is 7.24. The Morgan fingerprint density at radius 2 is 1.76 bits per heavy atom. The van der Waals surface area contributed by atoms with E-state index in [9.17, 15) is 4.79 Å². The van der Waals surface area contributed by atoms with Gasteiger partial charge in [-0.15, -0.1) is 0 Å². The number of hydrogen-bond donors (Lipinski definition) is 1. The molecule has 0 atom stereocenters. The number of halogens is 1. The Bertz CT molecular complexity index is 573. The van der Waals surface area contributed by atoms with E-state index in [1.165, 1.54) is 0 Å². The molecule has 0 unspecified atom stereocenters. The SMILES string of the molecule is CC(C)(C)c1c[nH]c(=O)n1-c1ccc(Cl)cc1. The summed E-state index contributed by atoms with van der Waals surface area (Å²) in [4.78, 5) is 14.6. The second kappa shape index (κ2) is 4.08. The molecule has 90 valence electrons. The van der Waals surface area contributed by atoms with Gasteiger partial charge in [-0.2, -0.15) is 0 Å². The standard InChI is InChI=1S/C13H15ClN2O/c1-13(2,3)11-8-15-12(17)16(11)10-6-4-9(14)5-7-10/h4-8H,1-3H3,(H,15,17). The Labute approximate surface area is 105 Å². The molecule has 4 heteroatoms. The lowest BCUT2D eigenvalue weighted by Gasteiger charge is -2.20. The third kappa shape index (κ3) is 2.29. The number of hydrogen-bond acceptors (Lipinski definition) is 1. The number of nitrogens with zero attached hydrogens (tertiary/aromatic N) is 1. The van der Waals surface area contributed by atoms with E-state index in [0.29, 0.717) is 5.02 Å². The molecule has 1 N–H and O–H groups in total. The molecule has 0 aliphatic rings. The van der Waals surface area contributed by atoms with E-state index in [1.54, 1.807) is 22.9 Å². The van der Waals surface area contributed by atoms with E-state index < -0.39 is 0 Å². The Morgan fingerprint density at radius 1 is 1.18 bits per heavy atom. The molecule has 0 aliphatic carbocycles. The van der Waals surface area contributed by atoms with Gasteiger partial charge in [-0.3, -0.25) is 4.57 Å². The summed E-state index contributed by atoms with van der Waals surface area (Å²) in [5.41, 5.74) is 1.55. The third-order valence-corrected chi connectivity index (χ3v) is 2.88. The molecule has 0 radical (unpaired) electrons. The van der Waals surface area contributed by atoms with Crippen molar-refractivity contribution >= 4 is 11.6 Å². The fourth-order valence-corrected chi connectivity index (χ4v) is 1.89. The van der Waals surface area contributed by atoms with E-state index in [4.69, 9.17) is 11.6 Å². The molecule has 3 nitrogen and oxygen atoms in total. The number of rotatable bonds is 1. The highest BCUT2D eigenvalue weighted by Gasteiger charge is 2.20. The Morgan fingerprint density at radius 3 is 2.29 bits per heavy atom. The van der Waals surface area contributed by atoms with Gasteiger partial charge in [0.25, 0.3) is 0 Å². The van der Waals surface area contributed by atoms with Crippen molar-refractivity contribution in [1.29, 1.82) is 0 Å². The van der Waals surface area contributed by atoms with Crippen molar-refractivity contribution in [3.8, 4) is 5.69 Å². The van der Waals surface area contributed by atoms with Crippen molar-refractivity contribution in [2.24, 2.45) is 0 Å². The van der Waals surface area contributed by atoms with Crippen LogP contribution in [-0.2, 0) is 5.41 Å². The first-order valence-corrected chi connectivity index (χ1v) is 5.84. The maximum atomic E-state index is 11.8. The third-order valence-electron chi connectivity index (χ3n) is 2.63. The average Bonchev–Trinajstić information content (AvgIpc) is 2.61. The van der Waals surface area contributed by atoms with Gasteiger partial charge in [-0.1, -0.05) is 32.4 Å². The molecule has 0 aliphatic heterocycles. The molecule has 0 saturated heterocycles. The van der Waals surface area contributed by atoms with Crippen LogP contribution in [0.15, 0.2) is 35.3 Å². The number of aromatic nitrogens is 2. The summed E-state index contributed by atoms with van der Waals surface area (Å²) in [5.74, 6) is 0. The van der Waals surface area contributed by atoms with Crippen LogP contribution < -0.4 is 5.69 Å². The lowest BCUT2D eigenvalue weighted by Crippen LogP contribution is -2.23. The van der Waals surface area contributed by atoms with Gasteiger partial charge in [0.05, 0.1) is 5.69 Å². The monoisotopic (exact) mass is 250 g/mol. The van der Waals surface area contributed by atoms with E-state index in [1.807, 2.05) is 12.1 Å². The lowest BCUT2D eigenvalue weighted by molar-refractivity contribution is 0.554. The van der Waals surface area contributed by atoms with Crippen molar-refractivity contribution in [1.82, 2.24) is 9.55 Å². The molecule has 0 amide bonds. The summed E-state index contributed by atoms with van der Waals surface area (Å²) in [5, 5.41) is 0.662. The van der Waals surface area contributed by atoms with E-state index in [-0.39, 0.29) is 11.1 Å². The van der Waals surface area contributed by atoms with Gasteiger partial charge in [-0.05, 0) is 24.3 Å².